The molecule has 0 fully saturated rings. The molecule has 0 aliphatic rings. The monoisotopic (exact) mass is 459 g/mol. The Morgan fingerprint density at radius 2 is 1.64 bits per heavy atom. The maximum Gasteiger partial charge on any atom is 0.254 e. The molecule has 0 saturated heterocycles. The molecule has 1 amide bonds. The zero-order valence-electron chi connectivity index (χ0n) is 18.7. The lowest BCUT2D eigenvalue weighted by Crippen LogP contribution is -2.30. The molecule has 7 heteroatoms. The lowest BCUT2D eigenvalue weighted by atomic mass is 10.0. The van der Waals surface area contributed by atoms with Crippen molar-refractivity contribution in [3.63, 3.8) is 0 Å². The van der Waals surface area contributed by atoms with Crippen molar-refractivity contribution in [2.24, 2.45) is 5.14 Å². The number of amides is 1. The molecule has 1 atom stereocenters. The molecule has 0 aliphatic carbocycles. The first-order valence-electron chi connectivity index (χ1n) is 10.5. The quantitative estimate of drug-likeness (QED) is 0.468. The van der Waals surface area contributed by atoms with Crippen LogP contribution in [0.2, 0.25) is 0 Å². The lowest BCUT2D eigenvalue weighted by Gasteiger charge is -2.26. The summed E-state index contributed by atoms with van der Waals surface area (Å²) in [5, 5.41) is 5.99. The van der Waals surface area contributed by atoms with Gasteiger partial charge in [-0.1, -0.05) is 54.1 Å². The van der Waals surface area contributed by atoms with Crippen molar-refractivity contribution in [2.45, 2.75) is 24.8 Å². The number of aromatic nitrogens is 1. The van der Waals surface area contributed by atoms with Crippen LogP contribution in [0.4, 0.5) is 0 Å². The lowest BCUT2D eigenvalue weighted by molar-refractivity contribution is 0.0744. The summed E-state index contributed by atoms with van der Waals surface area (Å²) in [6.45, 7) is 3.88. The van der Waals surface area contributed by atoms with Crippen molar-refractivity contribution < 1.29 is 13.2 Å². The SMILES string of the molecule is Cc1ccc2nc(-c3ccccc3)cc(C(=O)N(C)[C@@H](C)c3ccc(S(N)(=O)=O)cc3)c2c1. The van der Waals surface area contributed by atoms with Crippen molar-refractivity contribution in [1.29, 1.82) is 0 Å². The number of benzene rings is 3. The summed E-state index contributed by atoms with van der Waals surface area (Å²) in [6, 6.07) is 23.5. The van der Waals surface area contributed by atoms with Crippen molar-refractivity contribution in [3.8, 4) is 11.3 Å². The van der Waals surface area contributed by atoms with Gasteiger partial charge in [0.2, 0.25) is 10.0 Å². The van der Waals surface area contributed by atoms with Gasteiger partial charge in [-0.15, -0.1) is 0 Å². The maximum atomic E-state index is 13.7. The van der Waals surface area contributed by atoms with Crippen LogP contribution in [0, 0.1) is 6.92 Å². The molecule has 4 rings (SSSR count). The van der Waals surface area contributed by atoms with E-state index in [9.17, 15) is 13.2 Å². The van der Waals surface area contributed by atoms with Gasteiger partial charge in [0.15, 0.2) is 0 Å². The topological polar surface area (TPSA) is 93.4 Å². The molecule has 0 saturated carbocycles. The van der Waals surface area contributed by atoms with Crippen LogP contribution in [0.25, 0.3) is 22.2 Å². The van der Waals surface area contributed by atoms with Crippen LogP contribution >= 0.6 is 0 Å². The first kappa shape index (κ1) is 22.6. The average molecular weight is 460 g/mol. The average Bonchev–Trinajstić information content (AvgIpc) is 2.82. The van der Waals surface area contributed by atoms with Crippen LogP contribution in [0.1, 0.15) is 34.5 Å². The first-order valence-corrected chi connectivity index (χ1v) is 12.1. The summed E-state index contributed by atoms with van der Waals surface area (Å²) >= 11 is 0. The second-order valence-electron chi connectivity index (χ2n) is 8.15. The molecule has 4 aromatic rings. The molecule has 0 unspecified atom stereocenters. The van der Waals surface area contributed by atoms with Crippen LogP contribution < -0.4 is 5.14 Å². The highest BCUT2D eigenvalue weighted by Gasteiger charge is 2.22. The minimum absolute atomic E-state index is 0.0375. The van der Waals surface area contributed by atoms with Gasteiger partial charge in [-0.25, -0.2) is 18.5 Å². The van der Waals surface area contributed by atoms with Crippen LogP contribution in [-0.4, -0.2) is 31.3 Å². The van der Waals surface area contributed by atoms with E-state index in [2.05, 4.69) is 0 Å². The third-order valence-electron chi connectivity index (χ3n) is 5.86. The van der Waals surface area contributed by atoms with E-state index in [4.69, 9.17) is 10.1 Å². The summed E-state index contributed by atoms with van der Waals surface area (Å²) in [4.78, 5) is 20.2. The molecule has 33 heavy (non-hydrogen) atoms. The number of hydrogen-bond acceptors (Lipinski definition) is 4. The third kappa shape index (κ3) is 4.65. The van der Waals surface area contributed by atoms with Crippen molar-refractivity contribution >= 4 is 26.8 Å². The van der Waals surface area contributed by atoms with E-state index in [-0.39, 0.29) is 16.8 Å². The number of primary sulfonamides is 1. The van der Waals surface area contributed by atoms with E-state index in [1.54, 1.807) is 24.1 Å². The fourth-order valence-electron chi connectivity index (χ4n) is 3.80. The normalized spacial score (nSPS) is 12.5. The highest BCUT2D eigenvalue weighted by atomic mass is 32.2. The van der Waals surface area contributed by atoms with Crippen molar-refractivity contribution in [2.75, 3.05) is 7.05 Å². The number of pyridine rings is 1. The Labute approximate surface area is 193 Å². The number of carbonyl (C=O) groups excluding carboxylic acids is 1. The van der Waals surface area contributed by atoms with Crippen LogP contribution in [0.15, 0.2) is 83.8 Å². The number of rotatable bonds is 5. The van der Waals surface area contributed by atoms with E-state index < -0.39 is 10.0 Å². The number of aryl methyl sites for hydroxylation is 1. The molecular weight excluding hydrogens is 434 g/mol. The largest absolute Gasteiger partial charge is 0.335 e. The highest BCUT2D eigenvalue weighted by Crippen LogP contribution is 2.29. The highest BCUT2D eigenvalue weighted by molar-refractivity contribution is 7.89. The van der Waals surface area contributed by atoms with Crippen LogP contribution in [0.5, 0.6) is 0 Å². The zero-order valence-corrected chi connectivity index (χ0v) is 19.5. The van der Waals surface area contributed by atoms with Gasteiger partial charge in [0.05, 0.1) is 27.7 Å². The Kier molecular flexibility index (Phi) is 6.01. The van der Waals surface area contributed by atoms with E-state index in [1.165, 1.54) is 12.1 Å². The Hall–Kier alpha value is -3.55. The predicted octanol–water partition coefficient (Wildman–Crippen LogP) is 4.69. The molecule has 0 spiro atoms. The van der Waals surface area contributed by atoms with Crippen LogP contribution in [-0.2, 0) is 10.0 Å². The Balaban J connectivity index is 1.75. The summed E-state index contributed by atoms with van der Waals surface area (Å²) in [5.74, 6) is -0.145. The molecule has 1 aromatic heterocycles. The summed E-state index contributed by atoms with van der Waals surface area (Å²) in [5.41, 5.74) is 4.83. The summed E-state index contributed by atoms with van der Waals surface area (Å²) in [7, 11) is -2.03. The van der Waals surface area contributed by atoms with Gasteiger partial charge in [0.25, 0.3) is 5.91 Å². The molecule has 6 nitrogen and oxygen atoms in total. The second kappa shape index (κ2) is 8.77. The fourth-order valence-corrected chi connectivity index (χ4v) is 4.31. The first-order chi connectivity index (χ1) is 15.6. The zero-order chi connectivity index (χ0) is 23.8. The smallest absolute Gasteiger partial charge is 0.254 e. The number of nitrogens with two attached hydrogens (primary N) is 1. The Morgan fingerprint density at radius 3 is 2.27 bits per heavy atom. The number of sulfonamides is 1. The third-order valence-corrected chi connectivity index (χ3v) is 6.79. The van der Waals surface area contributed by atoms with Gasteiger partial charge in [-0.3, -0.25) is 4.79 Å². The standard InChI is InChI=1S/C26H25N3O3S/c1-17-9-14-24-22(15-17)23(16-25(28-24)20-7-5-4-6-8-20)26(30)29(3)18(2)19-10-12-21(13-11-19)33(27,31)32/h4-16,18H,1-3H3,(H2,27,31,32)/t18-/m0/s1. The van der Waals surface area contributed by atoms with Gasteiger partial charge in [-0.05, 0) is 49.7 Å². The number of carbonyl (C=O) groups is 1. The number of fused-ring (bicyclic) bond motifs is 1. The molecule has 2 N–H and O–H groups in total. The van der Waals surface area contributed by atoms with Gasteiger partial charge in [-0.2, -0.15) is 0 Å². The summed E-state index contributed by atoms with van der Waals surface area (Å²) < 4.78 is 23.1. The van der Waals surface area contributed by atoms with Gasteiger partial charge < -0.3 is 4.90 Å². The predicted molar refractivity (Wildman–Crippen MR) is 130 cm³/mol. The van der Waals surface area contributed by atoms with E-state index in [1.807, 2.05) is 68.4 Å². The maximum absolute atomic E-state index is 13.7. The van der Waals surface area contributed by atoms with E-state index in [0.717, 1.165) is 33.3 Å². The molecule has 3 aromatic carbocycles. The molecule has 0 radical (unpaired) electrons. The molecule has 0 aliphatic heterocycles. The van der Waals surface area contributed by atoms with Crippen molar-refractivity contribution in [1.82, 2.24) is 9.88 Å². The molecule has 0 bridgehead atoms. The molecule has 168 valence electrons. The number of nitrogens with zero attached hydrogens (tertiary/aromatic N) is 2. The number of hydrogen-bond donors (Lipinski definition) is 1. The molecular formula is C26H25N3O3S. The van der Waals surface area contributed by atoms with Gasteiger partial charge in [0.1, 0.15) is 0 Å². The van der Waals surface area contributed by atoms with E-state index >= 15 is 0 Å². The Morgan fingerprint density at radius 1 is 0.970 bits per heavy atom. The van der Waals surface area contributed by atoms with Gasteiger partial charge >= 0.3 is 0 Å². The minimum Gasteiger partial charge on any atom is -0.335 e. The minimum atomic E-state index is -3.77. The summed E-state index contributed by atoms with van der Waals surface area (Å²) in [6.07, 6.45) is 0. The Bertz CT molecular complexity index is 1430. The molecule has 1 heterocycles. The van der Waals surface area contributed by atoms with Crippen molar-refractivity contribution in [3.05, 3.63) is 95.6 Å². The fraction of sp³-hybridized carbons (Fsp3) is 0.154. The van der Waals surface area contributed by atoms with Crippen LogP contribution in [0.3, 0.4) is 0 Å². The second-order valence-corrected chi connectivity index (χ2v) is 9.71. The van der Waals surface area contributed by atoms with Gasteiger partial charge in [0, 0.05) is 18.0 Å². The van der Waals surface area contributed by atoms with E-state index in [0.29, 0.717) is 5.56 Å².